The molecule has 174 valence electrons. The van der Waals surface area contributed by atoms with Crippen LogP contribution in [0.2, 0.25) is 0 Å². The number of fused-ring (bicyclic) bond motifs is 1. The van der Waals surface area contributed by atoms with E-state index in [0.717, 1.165) is 37.0 Å². The smallest absolute Gasteiger partial charge is 0.416 e. The molecule has 0 radical (unpaired) electrons. The average molecular weight is 451 g/mol. The van der Waals surface area contributed by atoms with Crippen molar-refractivity contribution < 1.29 is 27.4 Å². The molecule has 1 N–H and O–H groups in total. The van der Waals surface area contributed by atoms with Gasteiger partial charge in [0.25, 0.3) is 0 Å². The van der Waals surface area contributed by atoms with Gasteiger partial charge in [0.05, 0.1) is 25.3 Å². The third-order valence-electron chi connectivity index (χ3n) is 5.20. The zero-order valence-corrected chi connectivity index (χ0v) is 18.2. The number of ether oxygens (including phenoxy) is 2. The standard InChI is InChI=1S/C24H29F3N2O3/c1-2-31-21-8-6-7-19-16-29(15-18-9-11-20(12-10-18)24(25,26)27)17-22(30)28-13-4-3-5-14-32-23(19)21/h6-12H,2-5,13-17H2,1H3,(H,28,30). The summed E-state index contributed by atoms with van der Waals surface area (Å²) in [4.78, 5) is 14.4. The fourth-order valence-electron chi connectivity index (χ4n) is 3.65. The number of para-hydroxylation sites is 1. The monoisotopic (exact) mass is 450 g/mol. The maximum atomic E-state index is 12.9. The molecular formula is C24H29F3N2O3. The molecule has 0 bridgehead atoms. The maximum Gasteiger partial charge on any atom is 0.416 e. The molecule has 1 aliphatic heterocycles. The number of amides is 1. The number of benzene rings is 2. The van der Waals surface area contributed by atoms with Crippen molar-refractivity contribution in [2.75, 3.05) is 26.3 Å². The number of nitrogens with zero attached hydrogens (tertiary/aromatic N) is 1. The third kappa shape index (κ3) is 6.88. The Morgan fingerprint density at radius 1 is 1.06 bits per heavy atom. The summed E-state index contributed by atoms with van der Waals surface area (Å²) in [6, 6.07) is 10.7. The van der Waals surface area contributed by atoms with Gasteiger partial charge in [-0.1, -0.05) is 24.3 Å². The lowest BCUT2D eigenvalue weighted by Gasteiger charge is -2.24. The molecule has 0 fully saturated rings. The largest absolute Gasteiger partial charge is 0.490 e. The molecule has 1 aliphatic rings. The van der Waals surface area contributed by atoms with Gasteiger partial charge in [0, 0.05) is 25.2 Å². The molecule has 8 heteroatoms. The zero-order valence-electron chi connectivity index (χ0n) is 18.2. The van der Waals surface area contributed by atoms with E-state index in [4.69, 9.17) is 9.47 Å². The summed E-state index contributed by atoms with van der Waals surface area (Å²) in [6.45, 7) is 4.37. The first kappa shape index (κ1) is 23.9. The van der Waals surface area contributed by atoms with Crippen molar-refractivity contribution >= 4 is 5.91 Å². The fourth-order valence-corrected chi connectivity index (χ4v) is 3.65. The van der Waals surface area contributed by atoms with E-state index in [1.54, 1.807) is 0 Å². The number of alkyl halides is 3. The Morgan fingerprint density at radius 2 is 1.84 bits per heavy atom. The van der Waals surface area contributed by atoms with Crippen molar-refractivity contribution in [3.05, 3.63) is 59.2 Å². The Balaban J connectivity index is 1.86. The van der Waals surface area contributed by atoms with Crippen molar-refractivity contribution in [2.24, 2.45) is 0 Å². The Hall–Kier alpha value is -2.74. The van der Waals surface area contributed by atoms with Gasteiger partial charge in [-0.25, -0.2) is 0 Å². The van der Waals surface area contributed by atoms with Crippen LogP contribution in [0.1, 0.15) is 42.9 Å². The molecule has 0 aliphatic carbocycles. The van der Waals surface area contributed by atoms with Gasteiger partial charge < -0.3 is 14.8 Å². The molecule has 1 amide bonds. The number of hydrogen-bond donors (Lipinski definition) is 1. The fraction of sp³-hybridized carbons (Fsp3) is 0.458. The highest BCUT2D eigenvalue weighted by Crippen LogP contribution is 2.33. The van der Waals surface area contributed by atoms with Crippen LogP contribution in [-0.4, -0.2) is 37.1 Å². The van der Waals surface area contributed by atoms with Gasteiger partial charge in [-0.3, -0.25) is 9.69 Å². The Labute approximate surface area is 186 Å². The van der Waals surface area contributed by atoms with Crippen LogP contribution in [0.3, 0.4) is 0 Å². The second kappa shape index (κ2) is 11.2. The van der Waals surface area contributed by atoms with Gasteiger partial charge in [-0.05, 0) is 49.9 Å². The number of hydrogen-bond acceptors (Lipinski definition) is 4. The minimum absolute atomic E-state index is 0.111. The van der Waals surface area contributed by atoms with Crippen LogP contribution in [0.15, 0.2) is 42.5 Å². The van der Waals surface area contributed by atoms with Crippen molar-refractivity contribution in [1.29, 1.82) is 0 Å². The molecular weight excluding hydrogens is 421 g/mol. The maximum absolute atomic E-state index is 12.9. The van der Waals surface area contributed by atoms with E-state index < -0.39 is 11.7 Å². The van der Waals surface area contributed by atoms with Gasteiger partial charge in [0.2, 0.25) is 5.91 Å². The van der Waals surface area contributed by atoms with Crippen LogP contribution in [-0.2, 0) is 24.1 Å². The third-order valence-corrected chi connectivity index (χ3v) is 5.20. The van der Waals surface area contributed by atoms with Crippen LogP contribution in [0.5, 0.6) is 11.5 Å². The Morgan fingerprint density at radius 3 is 2.56 bits per heavy atom. The summed E-state index contributed by atoms with van der Waals surface area (Å²) in [5.74, 6) is 1.20. The van der Waals surface area contributed by atoms with Crippen LogP contribution < -0.4 is 14.8 Å². The van der Waals surface area contributed by atoms with Gasteiger partial charge >= 0.3 is 6.18 Å². The highest BCUT2D eigenvalue weighted by molar-refractivity contribution is 5.78. The first-order valence-electron chi connectivity index (χ1n) is 10.9. The minimum Gasteiger partial charge on any atom is -0.490 e. The highest BCUT2D eigenvalue weighted by atomic mass is 19.4. The molecule has 5 nitrogen and oxygen atoms in total. The van der Waals surface area contributed by atoms with Crippen LogP contribution in [0.4, 0.5) is 13.2 Å². The van der Waals surface area contributed by atoms with Crippen LogP contribution in [0, 0.1) is 0 Å². The number of carbonyl (C=O) groups excluding carboxylic acids is 1. The molecule has 0 unspecified atom stereocenters. The van der Waals surface area contributed by atoms with Crippen LogP contribution in [0.25, 0.3) is 0 Å². The van der Waals surface area contributed by atoms with Crippen molar-refractivity contribution in [3.63, 3.8) is 0 Å². The normalized spacial score (nSPS) is 16.6. The van der Waals surface area contributed by atoms with Gasteiger partial charge in [-0.2, -0.15) is 13.2 Å². The molecule has 0 spiro atoms. The van der Waals surface area contributed by atoms with Crippen molar-refractivity contribution in [1.82, 2.24) is 10.2 Å². The molecule has 0 saturated heterocycles. The topological polar surface area (TPSA) is 50.8 Å². The predicted octanol–water partition coefficient (Wildman–Crippen LogP) is 4.79. The second-order valence-electron chi connectivity index (χ2n) is 7.78. The summed E-state index contributed by atoms with van der Waals surface area (Å²) < 4.78 is 50.5. The lowest BCUT2D eigenvalue weighted by molar-refractivity contribution is -0.137. The second-order valence-corrected chi connectivity index (χ2v) is 7.78. The predicted molar refractivity (Wildman–Crippen MR) is 116 cm³/mol. The molecule has 2 aromatic carbocycles. The molecule has 0 atom stereocenters. The van der Waals surface area contributed by atoms with E-state index in [2.05, 4.69) is 5.32 Å². The zero-order chi connectivity index (χ0) is 23.0. The highest BCUT2D eigenvalue weighted by Gasteiger charge is 2.30. The average Bonchev–Trinajstić information content (AvgIpc) is 2.75. The van der Waals surface area contributed by atoms with E-state index >= 15 is 0 Å². The number of carbonyl (C=O) groups is 1. The van der Waals surface area contributed by atoms with Gasteiger partial charge in [0.15, 0.2) is 11.5 Å². The minimum atomic E-state index is -4.38. The molecule has 32 heavy (non-hydrogen) atoms. The number of rotatable bonds is 4. The molecule has 2 aromatic rings. The van der Waals surface area contributed by atoms with Gasteiger partial charge in [-0.15, -0.1) is 0 Å². The van der Waals surface area contributed by atoms with E-state index in [9.17, 15) is 18.0 Å². The molecule has 0 saturated carbocycles. The lowest BCUT2D eigenvalue weighted by Crippen LogP contribution is -2.37. The summed E-state index contributed by atoms with van der Waals surface area (Å²) in [5.41, 5.74) is 0.873. The van der Waals surface area contributed by atoms with Gasteiger partial charge in [0.1, 0.15) is 0 Å². The number of halogens is 3. The molecule has 0 aromatic heterocycles. The van der Waals surface area contributed by atoms with Crippen molar-refractivity contribution in [2.45, 2.75) is 45.5 Å². The van der Waals surface area contributed by atoms with E-state index in [1.807, 2.05) is 30.0 Å². The first-order chi connectivity index (χ1) is 15.4. The Kier molecular flexibility index (Phi) is 8.39. The summed E-state index contributed by atoms with van der Waals surface area (Å²) >= 11 is 0. The SMILES string of the molecule is CCOc1cccc2c1OCCCCCNC(=O)CN(Cc1ccc(C(F)(F)F)cc1)C2. The summed E-state index contributed by atoms with van der Waals surface area (Å²) in [7, 11) is 0. The summed E-state index contributed by atoms with van der Waals surface area (Å²) in [6.07, 6.45) is -1.73. The lowest BCUT2D eigenvalue weighted by atomic mass is 10.1. The van der Waals surface area contributed by atoms with Crippen molar-refractivity contribution in [3.8, 4) is 11.5 Å². The quantitative estimate of drug-likeness (QED) is 0.728. The molecule has 3 rings (SSSR count). The number of nitrogens with one attached hydrogen (secondary N) is 1. The van der Waals surface area contributed by atoms with E-state index in [0.29, 0.717) is 49.9 Å². The van der Waals surface area contributed by atoms with E-state index in [-0.39, 0.29) is 12.5 Å². The van der Waals surface area contributed by atoms with Crippen LogP contribution >= 0.6 is 0 Å². The van der Waals surface area contributed by atoms with E-state index in [1.165, 1.54) is 12.1 Å². The Bertz CT molecular complexity index is 885. The first-order valence-corrected chi connectivity index (χ1v) is 10.9. The summed E-state index contributed by atoms with van der Waals surface area (Å²) in [5, 5.41) is 2.93. The molecule has 1 heterocycles.